The van der Waals surface area contributed by atoms with Gasteiger partial charge in [-0.2, -0.15) is 27.4 Å². The van der Waals surface area contributed by atoms with Gasteiger partial charge in [0.25, 0.3) is 20.2 Å². The maximum absolute atomic E-state index is 13.7. The molecule has 0 saturated carbocycles. The molecule has 17 heteroatoms. The number of hydrogen-bond acceptors (Lipinski definition) is 10. The van der Waals surface area contributed by atoms with Crippen LogP contribution in [0.25, 0.3) is 23.3 Å². The molecule has 49 heavy (non-hydrogen) atoms. The highest BCUT2D eigenvalue weighted by Gasteiger charge is 2.38. The van der Waals surface area contributed by atoms with Crippen LogP contribution in [0, 0.1) is 22.7 Å². The fraction of sp³-hybridized carbons (Fsp3) is 0. The van der Waals surface area contributed by atoms with Crippen LogP contribution >= 0.6 is 0 Å². The molecule has 5 rings (SSSR count). The molecule has 4 aromatic rings. The summed E-state index contributed by atoms with van der Waals surface area (Å²) in [6.07, 6.45) is 4.65. The summed E-state index contributed by atoms with van der Waals surface area (Å²) in [6, 6.07) is 19.0. The molecule has 0 unspecified atom stereocenters. The number of sulfone groups is 1. The van der Waals surface area contributed by atoms with E-state index in [-0.39, 0.29) is 11.1 Å². The van der Waals surface area contributed by atoms with E-state index in [1.807, 2.05) is 12.1 Å². The zero-order chi connectivity index (χ0) is 35.7. The number of carbonyl (C=O) groups is 2. The summed E-state index contributed by atoms with van der Waals surface area (Å²) in [5.74, 6) is -1.84. The van der Waals surface area contributed by atoms with Gasteiger partial charge in [0.05, 0.1) is 44.4 Å². The van der Waals surface area contributed by atoms with Gasteiger partial charge in [-0.25, -0.2) is 8.42 Å². The molecule has 1 aliphatic rings. The summed E-state index contributed by atoms with van der Waals surface area (Å²) in [5, 5.41) is 22.3. The topological polar surface area (TPSA) is 249 Å². The summed E-state index contributed by atoms with van der Waals surface area (Å²) >= 11 is 0. The minimum Gasteiger partial charge on any atom is -0.321 e. The molecule has 0 aromatic heterocycles. The van der Waals surface area contributed by atoms with Crippen molar-refractivity contribution in [1.29, 1.82) is 10.5 Å². The van der Waals surface area contributed by atoms with Gasteiger partial charge in [-0.1, -0.05) is 24.3 Å². The smallest absolute Gasteiger partial charge is 0.296 e. The van der Waals surface area contributed by atoms with Crippen LogP contribution in [0.4, 0.5) is 11.4 Å². The number of fused-ring (bicyclic) bond motifs is 3. The van der Waals surface area contributed by atoms with Gasteiger partial charge in [-0.3, -0.25) is 18.7 Å². The Hall–Kier alpha value is -5.95. The van der Waals surface area contributed by atoms with E-state index in [0.29, 0.717) is 22.3 Å². The van der Waals surface area contributed by atoms with Gasteiger partial charge >= 0.3 is 0 Å². The number of nitrogens with one attached hydrogen (secondary N) is 2. The summed E-state index contributed by atoms with van der Waals surface area (Å²) in [6.45, 7) is 0. The maximum atomic E-state index is 13.7. The predicted molar refractivity (Wildman–Crippen MR) is 175 cm³/mol. The van der Waals surface area contributed by atoms with Gasteiger partial charge in [0.1, 0.15) is 9.79 Å². The summed E-state index contributed by atoms with van der Waals surface area (Å²) in [5.41, 5.74) is -0.262. The average Bonchev–Trinajstić information content (AvgIpc) is 3.26. The van der Waals surface area contributed by atoms with Gasteiger partial charge in [0.15, 0.2) is 0 Å². The molecule has 0 atom stereocenters. The first-order chi connectivity index (χ1) is 23.0. The van der Waals surface area contributed by atoms with Gasteiger partial charge < -0.3 is 10.6 Å². The van der Waals surface area contributed by atoms with Gasteiger partial charge in [-0.15, -0.1) is 0 Å². The van der Waals surface area contributed by atoms with Crippen LogP contribution in [0.2, 0.25) is 0 Å². The first-order valence-corrected chi connectivity index (χ1v) is 17.9. The van der Waals surface area contributed by atoms with Crippen LogP contribution < -0.4 is 10.6 Å². The average molecular weight is 717 g/mol. The third kappa shape index (κ3) is 7.31. The van der Waals surface area contributed by atoms with E-state index >= 15 is 0 Å². The van der Waals surface area contributed by atoms with Gasteiger partial charge in [-0.05, 0) is 71.8 Å². The Morgan fingerprint density at radius 1 is 0.633 bits per heavy atom. The summed E-state index contributed by atoms with van der Waals surface area (Å²) < 4.78 is 96.7. The first-order valence-electron chi connectivity index (χ1n) is 13.6. The van der Waals surface area contributed by atoms with Crippen molar-refractivity contribution in [2.24, 2.45) is 0 Å². The van der Waals surface area contributed by atoms with E-state index in [2.05, 4.69) is 10.6 Å². The Kier molecular flexibility index (Phi) is 9.07. The molecule has 0 radical (unpaired) electrons. The highest BCUT2D eigenvalue weighted by atomic mass is 32.2. The standard InChI is InChI=1S/C32H20N4O10S3/c33-17-21-5-1-19(2-6-21)9-11-31(37)35-25-15-27-23(13-29(25)48(41,42)43)24-14-30(49(44,45)46)26(16-28(24)47(27,39)40)36-32(38)12-10-20-3-7-22(18-34)8-4-20/h1-16H,(H,35,37)(H,36,38)(H,41,42,43)(H,44,45,46). The van der Waals surface area contributed by atoms with Crippen molar-refractivity contribution in [3.63, 3.8) is 0 Å². The van der Waals surface area contributed by atoms with E-state index in [1.54, 1.807) is 0 Å². The van der Waals surface area contributed by atoms with Crippen molar-refractivity contribution >= 4 is 65.4 Å². The van der Waals surface area contributed by atoms with Crippen molar-refractivity contribution < 1.29 is 43.9 Å². The Morgan fingerprint density at radius 3 is 1.29 bits per heavy atom. The second-order valence-corrected chi connectivity index (χ2v) is 14.9. The van der Waals surface area contributed by atoms with Crippen LogP contribution in [0.3, 0.4) is 0 Å². The van der Waals surface area contributed by atoms with Crippen molar-refractivity contribution in [1.82, 2.24) is 0 Å². The van der Waals surface area contributed by atoms with E-state index < -0.39 is 72.8 Å². The third-order valence-corrected chi connectivity index (χ3v) is 10.7. The van der Waals surface area contributed by atoms with Gasteiger partial charge in [0, 0.05) is 23.3 Å². The summed E-state index contributed by atoms with van der Waals surface area (Å²) in [7, 11) is -14.8. The fourth-order valence-electron chi connectivity index (χ4n) is 4.76. The largest absolute Gasteiger partial charge is 0.321 e. The van der Waals surface area contributed by atoms with Crippen LogP contribution in [0.1, 0.15) is 22.3 Å². The zero-order valence-electron chi connectivity index (χ0n) is 24.5. The molecular weight excluding hydrogens is 697 g/mol. The lowest BCUT2D eigenvalue weighted by Gasteiger charge is -2.12. The Morgan fingerprint density at radius 2 is 0.980 bits per heavy atom. The normalized spacial score (nSPS) is 13.3. The lowest BCUT2D eigenvalue weighted by Crippen LogP contribution is -2.13. The van der Waals surface area contributed by atoms with Crippen LogP contribution in [0.15, 0.2) is 105 Å². The Bertz CT molecular complexity index is 2370. The molecule has 0 bridgehead atoms. The number of amides is 2. The molecule has 4 N–H and O–H groups in total. The molecule has 246 valence electrons. The van der Waals surface area contributed by atoms with Crippen LogP contribution in [-0.4, -0.2) is 46.2 Å². The first kappa shape index (κ1) is 34.4. The minimum atomic E-state index is -5.12. The van der Waals surface area contributed by atoms with Crippen LogP contribution in [0.5, 0.6) is 0 Å². The number of nitriles is 2. The number of hydrogen-bond donors (Lipinski definition) is 4. The minimum absolute atomic E-state index is 0.370. The Balaban J connectivity index is 1.53. The highest BCUT2D eigenvalue weighted by Crippen LogP contribution is 2.48. The van der Waals surface area contributed by atoms with Crippen molar-refractivity contribution in [3.8, 4) is 23.3 Å². The van der Waals surface area contributed by atoms with E-state index in [0.717, 1.165) is 36.4 Å². The second kappa shape index (κ2) is 12.9. The predicted octanol–water partition coefficient (Wildman–Crippen LogP) is 4.04. The van der Waals surface area contributed by atoms with Crippen molar-refractivity contribution in [2.75, 3.05) is 10.6 Å². The molecule has 1 heterocycles. The van der Waals surface area contributed by atoms with Crippen LogP contribution in [-0.2, 0) is 39.7 Å². The summed E-state index contributed by atoms with van der Waals surface area (Å²) in [4.78, 5) is 22.4. The Labute approximate surface area is 279 Å². The monoisotopic (exact) mass is 716 g/mol. The molecule has 0 spiro atoms. The maximum Gasteiger partial charge on any atom is 0.296 e. The van der Waals surface area contributed by atoms with Gasteiger partial charge in [0.2, 0.25) is 21.7 Å². The van der Waals surface area contributed by atoms with E-state index in [9.17, 15) is 43.9 Å². The lowest BCUT2D eigenvalue weighted by molar-refractivity contribution is -0.112. The number of carbonyl (C=O) groups excluding carboxylic acids is 2. The number of nitrogens with zero attached hydrogens (tertiary/aromatic N) is 2. The lowest BCUT2D eigenvalue weighted by atomic mass is 10.0. The highest BCUT2D eigenvalue weighted by molar-refractivity contribution is 7.92. The molecule has 2 amide bonds. The third-order valence-electron chi connectivity index (χ3n) is 7.04. The number of anilines is 2. The molecule has 0 saturated heterocycles. The molecule has 14 nitrogen and oxygen atoms in total. The molecule has 4 aromatic carbocycles. The van der Waals surface area contributed by atoms with Crippen molar-refractivity contribution in [3.05, 3.63) is 107 Å². The van der Waals surface area contributed by atoms with E-state index in [1.165, 1.54) is 60.7 Å². The fourth-order valence-corrected chi connectivity index (χ4v) is 7.77. The second-order valence-electron chi connectivity index (χ2n) is 10.3. The number of benzene rings is 4. The van der Waals surface area contributed by atoms with Crippen molar-refractivity contribution in [2.45, 2.75) is 19.6 Å². The molecule has 0 fully saturated rings. The van der Waals surface area contributed by atoms with E-state index in [4.69, 9.17) is 10.5 Å². The molecule has 1 aliphatic heterocycles. The molecule has 0 aliphatic carbocycles. The number of rotatable bonds is 8. The quantitative estimate of drug-likeness (QED) is 0.131. The molecular formula is C32H20N4O10S3. The zero-order valence-corrected chi connectivity index (χ0v) is 27.0. The SMILES string of the molecule is N#Cc1ccc(C=CC(=O)Nc2cc3c(cc2S(=O)(=O)O)-c2cc(S(=O)(=O)O)c(NC(=O)C=Cc4ccc(C#N)cc4)cc2S3(=O)=O)cc1.